The third-order valence-corrected chi connectivity index (χ3v) is 3.70. The molecule has 0 amide bonds. The summed E-state index contributed by atoms with van der Waals surface area (Å²) < 4.78 is 5.11. The van der Waals surface area contributed by atoms with E-state index in [9.17, 15) is 9.90 Å². The first kappa shape index (κ1) is 13.3. The van der Waals surface area contributed by atoms with Gasteiger partial charge in [0, 0.05) is 16.8 Å². The molecule has 3 aromatic rings. The second-order valence-electron chi connectivity index (χ2n) is 4.29. The van der Waals surface area contributed by atoms with E-state index in [0.29, 0.717) is 22.0 Å². The molecule has 2 aromatic heterocycles. The Morgan fingerprint density at radius 3 is 2.90 bits per heavy atom. The number of fused-ring (bicyclic) bond motifs is 1. The Labute approximate surface area is 123 Å². The molecule has 7 heteroatoms. The molecule has 6 nitrogen and oxygen atoms in total. The summed E-state index contributed by atoms with van der Waals surface area (Å²) in [6.45, 7) is -0.0769. The fourth-order valence-electron chi connectivity index (χ4n) is 1.85. The van der Waals surface area contributed by atoms with Crippen molar-refractivity contribution in [2.75, 3.05) is 5.73 Å². The molecule has 0 saturated carbocycles. The maximum atomic E-state index is 11.8. The molecule has 106 valence electrons. The lowest BCUT2D eigenvalue weighted by Gasteiger charge is -2.05. The molecule has 3 rings (SSSR count). The van der Waals surface area contributed by atoms with Gasteiger partial charge >= 0.3 is 5.97 Å². The van der Waals surface area contributed by atoms with Crippen molar-refractivity contribution in [1.29, 1.82) is 0 Å². The predicted molar refractivity (Wildman–Crippen MR) is 79.1 cm³/mol. The lowest BCUT2D eigenvalue weighted by molar-refractivity contribution is 0.0468. The number of aromatic nitrogens is 2. The molecule has 3 N–H and O–H groups in total. The van der Waals surface area contributed by atoms with E-state index in [0.717, 1.165) is 16.7 Å². The smallest absolute Gasteiger partial charge is 0.348 e. The van der Waals surface area contributed by atoms with Crippen LogP contribution in [-0.2, 0) is 11.3 Å². The number of carbonyl (C=O) groups is 1. The first-order valence-electron chi connectivity index (χ1n) is 6.09. The molecule has 0 unspecified atom stereocenters. The van der Waals surface area contributed by atoms with Gasteiger partial charge < -0.3 is 15.6 Å². The zero-order valence-electron chi connectivity index (χ0n) is 10.8. The van der Waals surface area contributed by atoms with Gasteiger partial charge in [-0.05, 0) is 12.1 Å². The monoisotopic (exact) mass is 301 g/mol. The molecule has 21 heavy (non-hydrogen) atoms. The highest BCUT2D eigenvalue weighted by molar-refractivity contribution is 7.12. The number of benzene rings is 1. The summed E-state index contributed by atoms with van der Waals surface area (Å²) in [5.74, 6) is 0.189. The second kappa shape index (κ2) is 5.37. The molecule has 2 heterocycles. The van der Waals surface area contributed by atoms with Crippen LogP contribution in [0, 0.1) is 0 Å². The quantitative estimate of drug-likeness (QED) is 0.720. The van der Waals surface area contributed by atoms with Gasteiger partial charge in [0.15, 0.2) is 12.4 Å². The third kappa shape index (κ3) is 2.77. The van der Waals surface area contributed by atoms with Crippen LogP contribution in [0.15, 0.2) is 35.7 Å². The number of nitrogens with zero attached hydrogens (tertiary/aromatic N) is 2. The minimum Gasteiger partial charge on any atom is -0.507 e. The zero-order chi connectivity index (χ0) is 14.8. The van der Waals surface area contributed by atoms with Crippen molar-refractivity contribution in [1.82, 2.24) is 9.97 Å². The van der Waals surface area contributed by atoms with Crippen molar-refractivity contribution in [3.05, 3.63) is 46.4 Å². The van der Waals surface area contributed by atoms with Crippen molar-refractivity contribution in [3.63, 3.8) is 0 Å². The molecular formula is C14H11N3O3S. The predicted octanol–water partition coefficient (Wildman–Crippen LogP) is 2.34. The Morgan fingerprint density at radius 1 is 1.33 bits per heavy atom. The van der Waals surface area contributed by atoms with Crippen molar-refractivity contribution in [2.24, 2.45) is 0 Å². The van der Waals surface area contributed by atoms with E-state index in [-0.39, 0.29) is 12.4 Å². The number of thiophene rings is 1. The highest BCUT2D eigenvalue weighted by Gasteiger charge is 2.12. The van der Waals surface area contributed by atoms with Gasteiger partial charge in [-0.25, -0.2) is 14.8 Å². The summed E-state index contributed by atoms with van der Waals surface area (Å²) in [4.78, 5) is 20.5. The maximum Gasteiger partial charge on any atom is 0.348 e. The highest BCUT2D eigenvalue weighted by atomic mass is 32.1. The first-order chi connectivity index (χ1) is 10.1. The fourth-order valence-corrected chi connectivity index (χ4v) is 2.51. The van der Waals surface area contributed by atoms with Gasteiger partial charge in [0.05, 0.1) is 5.52 Å². The number of rotatable bonds is 3. The molecule has 0 saturated heterocycles. The minimum atomic E-state index is -0.532. The van der Waals surface area contributed by atoms with Crippen molar-refractivity contribution >= 4 is 34.0 Å². The Morgan fingerprint density at radius 2 is 2.14 bits per heavy atom. The number of ether oxygens (including phenoxy) is 1. The zero-order valence-corrected chi connectivity index (χ0v) is 11.6. The highest BCUT2D eigenvalue weighted by Crippen LogP contribution is 2.21. The van der Waals surface area contributed by atoms with Crippen molar-refractivity contribution in [3.8, 4) is 5.75 Å². The number of aromatic hydroxyl groups is 1. The summed E-state index contributed by atoms with van der Waals surface area (Å²) in [6, 6.07) is 8.69. The van der Waals surface area contributed by atoms with Gasteiger partial charge in [0.1, 0.15) is 16.4 Å². The molecule has 0 atom stereocenters. The van der Waals surface area contributed by atoms with Crippen molar-refractivity contribution in [2.45, 2.75) is 6.61 Å². The fraction of sp³-hybridized carbons (Fsp3) is 0.0714. The molecular weight excluding hydrogens is 290 g/mol. The Bertz CT molecular complexity index is 816. The average Bonchev–Trinajstić information content (AvgIpc) is 2.91. The van der Waals surface area contributed by atoms with Crippen LogP contribution in [-0.4, -0.2) is 21.0 Å². The standard InChI is InChI=1S/C14H11N3O3S/c15-13-9-3-1-2-4-10(9)16-12(17-13)6-20-14(19)11-5-8(18)7-21-11/h1-5,7,18H,6H2,(H2,15,16,17). The van der Waals surface area contributed by atoms with Gasteiger partial charge in [-0.3, -0.25) is 0 Å². The van der Waals surface area contributed by atoms with Gasteiger partial charge in [-0.15, -0.1) is 11.3 Å². The van der Waals surface area contributed by atoms with Crippen LogP contribution in [0.25, 0.3) is 10.9 Å². The summed E-state index contributed by atoms with van der Waals surface area (Å²) >= 11 is 1.11. The van der Waals surface area contributed by atoms with Crippen LogP contribution in [0.2, 0.25) is 0 Å². The number of nitrogens with two attached hydrogens (primary N) is 1. The number of anilines is 1. The van der Waals surface area contributed by atoms with Gasteiger partial charge in [-0.1, -0.05) is 12.1 Å². The SMILES string of the molecule is Nc1nc(COC(=O)c2cc(O)cs2)nc2ccccc12. The molecule has 0 aliphatic heterocycles. The van der Waals surface area contributed by atoms with E-state index in [2.05, 4.69) is 9.97 Å². The summed E-state index contributed by atoms with van der Waals surface area (Å²) in [5.41, 5.74) is 6.55. The lowest BCUT2D eigenvalue weighted by Crippen LogP contribution is -2.07. The van der Waals surface area contributed by atoms with E-state index in [1.807, 2.05) is 24.3 Å². The van der Waals surface area contributed by atoms with E-state index >= 15 is 0 Å². The molecule has 0 radical (unpaired) electrons. The molecule has 0 spiro atoms. The van der Waals surface area contributed by atoms with Crippen LogP contribution in [0.4, 0.5) is 5.82 Å². The molecule has 0 fully saturated rings. The lowest BCUT2D eigenvalue weighted by atomic mass is 10.2. The topological polar surface area (TPSA) is 98.3 Å². The van der Waals surface area contributed by atoms with Gasteiger partial charge in [-0.2, -0.15) is 0 Å². The second-order valence-corrected chi connectivity index (χ2v) is 5.20. The number of hydrogen-bond donors (Lipinski definition) is 2. The molecule has 0 bridgehead atoms. The Kier molecular flexibility index (Phi) is 3.41. The molecule has 0 aliphatic rings. The number of nitrogen functional groups attached to an aromatic ring is 1. The third-order valence-electron chi connectivity index (χ3n) is 2.80. The minimum absolute atomic E-state index is 0.0400. The molecule has 1 aromatic carbocycles. The first-order valence-corrected chi connectivity index (χ1v) is 6.97. The number of para-hydroxylation sites is 1. The van der Waals surface area contributed by atoms with E-state index in [1.54, 1.807) is 0 Å². The average molecular weight is 301 g/mol. The van der Waals surface area contributed by atoms with Crippen LogP contribution < -0.4 is 5.73 Å². The summed E-state index contributed by atoms with van der Waals surface area (Å²) in [6.07, 6.45) is 0. The summed E-state index contributed by atoms with van der Waals surface area (Å²) in [7, 11) is 0. The normalized spacial score (nSPS) is 10.7. The van der Waals surface area contributed by atoms with Gasteiger partial charge in [0.2, 0.25) is 0 Å². The Hall–Kier alpha value is -2.67. The number of esters is 1. The van der Waals surface area contributed by atoms with E-state index in [4.69, 9.17) is 10.5 Å². The van der Waals surface area contributed by atoms with E-state index < -0.39 is 5.97 Å². The molecule has 0 aliphatic carbocycles. The van der Waals surface area contributed by atoms with Crippen LogP contribution in [0.3, 0.4) is 0 Å². The van der Waals surface area contributed by atoms with Gasteiger partial charge in [0.25, 0.3) is 0 Å². The number of carbonyl (C=O) groups excluding carboxylic acids is 1. The largest absolute Gasteiger partial charge is 0.507 e. The van der Waals surface area contributed by atoms with E-state index in [1.165, 1.54) is 11.4 Å². The Balaban J connectivity index is 1.77. The van der Waals surface area contributed by atoms with Crippen molar-refractivity contribution < 1.29 is 14.6 Å². The van der Waals surface area contributed by atoms with Crippen LogP contribution in [0.1, 0.15) is 15.5 Å². The summed E-state index contributed by atoms with van der Waals surface area (Å²) in [5, 5.41) is 11.4. The van der Waals surface area contributed by atoms with Crippen LogP contribution >= 0.6 is 11.3 Å². The van der Waals surface area contributed by atoms with Crippen LogP contribution in [0.5, 0.6) is 5.75 Å². The number of hydrogen-bond acceptors (Lipinski definition) is 7. The maximum absolute atomic E-state index is 11.8.